The molecule has 0 saturated heterocycles. The van der Waals surface area contributed by atoms with Crippen LogP contribution >= 0.6 is 66.7 Å². The third kappa shape index (κ3) is 8.62. The second-order valence-corrected chi connectivity index (χ2v) is 11.8. The van der Waals surface area contributed by atoms with Gasteiger partial charge in [0, 0.05) is 8.95 Å². The predicted molar refractivity (Wildman–Crippen MR) is 156 cm³/mol. The fourth-order valence-corrected chi connectivity index (χ4v) is 3.91. The summed E-state index contributed by atoms with van der Waals surface area (Å²) >= 11 is 23.9. The quantitative estimate of drug-likeness (QED) is 0.126. The maximum absolute atomic E-state index is 10.1. The molecular weight excluding hydrogens is 648 g/mol. The lowest BCUT2D eigenvalue weighted by Crippen LogP contribution is -2.24. The van der Waals surface area contributed by atoms with Crippen LogP contribution in [0.3, 0.4) is 0 Å². The summed E-state index contributed by atoms with van der Waals surface area (Å²) in [6.45, 7) is 0. The summed E-state index contributed by atoms with van der Waals surface area (Å²) in [5, 5.41) is 17.9. The van der Waals surface area contributed by atoms with E-state index in [1.54, 1.807) is 0 Å². The SMILES string of the molecule is N=C(OC(c1ccccc1)c1ccc(Br)cc1)C(Cl)(Cl)Cl.OC(c1ccccc1)c1ccc(Br)cc1. The van der Waals surface area contributed by atoms with Gasteiger partial charge in [-0.05, 0) is 46.5 Å². The van der Waals surface area contributed by atoms with Crippen LogP contribution in [0.2, 0.25) is 0 Å². The van der Waals surface area contributed by atoms with Crippen LogP contribution in [0.5, 0.6) is 0 Å². The lowest BCUT2D eigenvalue weighted by atomic mass is 10.0. The molecule has 2 unspecified atom stereocenters. The highest BCUT2D eigenvalue weighted by Crippen LogP contribution is 2.34. The Bertz CT molecular complexity index is 1230. The van der Waals surface area contributed by atoms with E-state index in [2.05, 4.69) is 31.9 Å². The molecule has 186 valence electrons. The third-order valence-electron chi connectivity index (χ3n) is 5.07. The maximum Gasteiger partial charge on any atom is 0.265 e. The number of hydrogen-bond acceptors (Lipinski definition) is 3. The second kappa shape index (κ2) is 13.6. The first-order chi connectivity index (χ1) is 17.1. The molecule has 0 aliphatic heterocycles. The van der Waals surface area contributed by atoms with Crippen LogP contribution in [0.1, 0.15) is 34.5 Å². The van der Waals surface area contributed by atoms with Crippen LogP contribution in [0.25, 0.3) is 0 Å². The minimum Gasteiger partial charge on any atom is -0.465 e. The normalized spacial score (nSPS) is 12.6. The maximum atomic E-state index is 10.1. The summed E-state index contributed by atoms with van der Waals surface area (Å²) in [5.41, 5.74) is 3.56. The zero-order chi connectivity index (χ0) is 26.1. The van der Waals surface area contributed by atoms with E-state index in [4.69, 9.17) is 44.9 Å². The van der Waals surface area contributed by atoms with Crippen molar-refractivity contribution in [2.45, 2.75) is 16.0 Å². The number of halogens is 5. The Hall–Kier alpha value is -1.86. The molecule has 36 heavy (non-hydrogen) atoms. The molecule has 0 saturated carbocycles. The van der Waals surface area contributed by atoms with Gasteiger partial charge in [-0.15, -0.1) is 0 Å². The topological polar surface area (TPSA) is 53.3 Å². The number of nitrogens with one attached hydrogen (secondary N) is 1. The zero-order valence-corrected chi connectivity index (χ0v) is 24.2. The molecular formula is C28H22Br2Cl3NO2. The summed E-state index contributed by atoms with van der Waals surface area (Å²) in [6.07, 6.45) is -1.05. The van der Waals surface area contributed by atoms with E-state index in [1.807, 2.05) is 109 Å². The van der Waals surface area contributed by atoms with Gasteiger partial charge in [-0.3, -0.25) is 5.41 Å². The Kier molecular flexibility index (Phi) is 10.9. The lowest BCUT2D eigenvalue weighted by molar-refractivity contribution is 0.220. The first kappa shape index (κ1) is 28.7. The molecule has 2 atom stereocenters. The van der Waals surface area contributed by atoms with Crippen molar-refractivity contribution >= 4 is 72.6 Å². The van der Waals surface area contributed by atoms with Crippen molar-refractivity contribution in [3.63, 3.8) is 0 Å². The largest absolute Gasteiger partial charge is 0.465 e. The van der Waals surface area contributed by atoms with Crippen LogP contribution in [-0.4, -0.2) is 14.8 Å². The Morgan fingerprint density at radius 3 is 1.44 bits per heavy atom. The summed E-state index contributed by atoms with van der Waals surface area (Å²) in [7, 11) is 0. The van der Waals surface area contributed by atoms with Crippen molar-refractivity contribution in [1.82, 2.24) is 0 Å². The van der Waals surface area contributed by atoms with E-state index in [0.29, 0.717) is 0 Å². The summed E-state index contributed by atoms with van der Waals surface area (Å²) < 4.78 is 5.69. The van der Waals surface area contributed by atoms with Gasteiger partial charge in [-0.25, -0.2) is 0 Å². The molecule has 0 fully saturated rings. The Balaban J connectivity index is 0.000000212. The molecule has 2 N–H and O–H groups in total. The first-order valence-electron chi connectivity index (χ1n) is 10.8. The molecule has 3 nitrogen and oxygen atoms in total. The highest BCUT2D eigenvalue weighted by Gasteiger charge is 2.31. The van der Waals surface area contributed by atoms with E-state index in [1.165, 1.54) is 0 Å². The molecule has 0 aliphatic carbocycles. The van der Waals surface area contributed by atoms with Crippen molar-refractivity contribution in [3.05, 3.63) is 140 Å². The minimum absolute atomic E-state index is 0.413. The average molecular weight is 671 g/mol. The third-order valence-corrected chi connectivity index (χ3v) is 6.64. The van der Waals surface area contributed by atoms with Crippen LogP contribution in [0.4, 0.5) is 0 Å². The lowest BCUT2D eigenvalue weighted by Gasteiger charge is -2.23. The summed E-state index contributed by atoms with van der Waals surface area (Å²) in [4.78, 5) is 0. The molecule has 0 radical (unpaired) electrons. The second-order valence-electron chi connectivity index (χ2n) is 7.65. The Morgan fingerprint density at radius 1 is 0.639 bits per heavy atom. The van der Waals surface area contributed by atoms with Crippen LogP contribution in [0.15, 0.2) is 118 Å². The predicted octanol–water partition coefficient (Wildman–Crippen LogP) is 9.43. The fourth-order valence-electron chi connectivity index (χ4n) is 3.25. The average Bonchev–Trinajstić information content (AvgIpc) is 2.89. The van der Waals surface area contributed by atoms with Gasteiger partial charge in [0.1, 0.15) is 6.10 Å². The van der Waals surface area contributed by atoms with Gasteiger partial charge < -0.3 is 9.84 Å². The van der Waals surface area contributed by atoms with Gasteiger partial charge in [0.25, 0.3) is 3.79 Å². The molecule has 4 aromatic carbocycles. The Labute approximate surface area is 242 Å². The van der Waals surface area contributed by atoms with Crippen molar-refractivity contribution in [1.29, 1.82) is 5.41 Å². The molecule has 0 heterocycles. The van der Waals surface area contributed by atoms with E-state index in [9.17, 15) is 5.11 Å². The van der Waals surface area contributed by atoms with E-state index in [-0.39, 0.29) is 0 Å². The number of hydrogen-bond donors (Lipinski definition) is 2. The van der Waals surface area contributed by atoms with Gasteiger partial charge in [0.2, 0.25) is 5.90 Å². The van der Waals surface area contributed by atoms with Gasteiger partial charge in [-0.2, -0.15) is 0 Å². The van der Waals surface area contributed by atoms with Crippen molar-refractivity contribution in [3.8, 4) is 0 Å². The molecule has 8 heteroatoms. The molecule has 0 aromatic heterocycles. The van der Waals surface area contributed by atoms with Gasteiger partial charge in [0.05, 0.1) is 0 Å². The zero-order valence-electron chi connectivity index (χ0n) is 18.8. The molecule has 0 bridgehead atoms. The first-order valence-corrected chi connectivity index (χ1v) is 13.5. The number of alkyl halides is 3. The van der Waals surface area contributed by atoms with Gasteiger partial charge >= 0.3 is 0 Å². The molecule has 0 spiro atoms. The highest BCUT2D eigenvalue weighted by molar-refractivity contribution is 9.10. The van der Waals surface area contributed by atoms with E-state index in [0.717, 1.165) is 31.2 Å². The van der Waals surface area contributed by atoms with Gasteiger partial charge in [-0.1, -0.05) is 152 Å². The van der Waals surface area contributed by atoms with Crippen molar-refractivity contribution in [2.24, 2.45) is 0 Å². The Morgan fingerprint density at radius 2 is 1.00 bits per heavy atom. The van der Waals surface area contributed by atoms with Crippen molar-refractivity contribution in [2.75, 3.05) is 0 Å². The molecule has 0 aliphatic rings. The smallest absolute Gasteiger partial charge is 0.265 e. The van der Waals surface area contributed by atoms with E-state index >= 15 is 0 Å². The van der Waals surface area contributed by atoms with Gasteiger partial charge in [0.15, 0.2) is 6.10 Å². The van der Waals surface area contributed by atoms with Crippen LogP contribution < -0.4 is 0 Å². The number of aliphatic hydroxyl groups is 1. The van der Waals surface area contributed by atoms with Crippen LogP contribution in [0, 0.1) is 5.41 Å². The summed E-state index contributed by atoms with van der Waals surface area (Å²) in [6, 6.07) is 34.4. The van der Waals surface area contributed by atoms with Crippen molar-refractivity contribution < 1.29 is 9.84 Å². The molecule has 0 amide bonds. The molecule has 4 aromatic rings. The standard InChI is InChI=1S/C15H11BrCl3NO.C13H11BrO/c16-12-8-6-11(7-9-12)13(10-4-2-1-3-5-10)21-14(20)15(17,18)19;14-12-8-6-11(7-9-12)13(15)10-4-2-1-3-5-10/h1-9,13,20H;1-9,13,15H. The number of rotatable bonds is 5. The molecule has 4 rings (SSSR count). The summed E-state index contributed by atoms with van der Waals surface area (Å²) in [5.74, 6) is -0.413. The monoisotopic (exact) mass is 667 g/mol. The van der Waals surface area contributed by atoms with Crippen LogP contribution in [-0.2, 0) is 4.74 Å². The van der Waals surface area contributed by atoms with E-state index < -0.39 is 21.9 Å². The number of aliphatic hydroxyl groups excluding tert-OH is 1. The number of benzene rings is 4. The number of ether oxygens (including phenoxy) is 1. The fraction of sp³-hybridized carbons (Fsp3) is 0.107. The minimum atomic E-state index is -1.89. The highest BCUT2D eigenvalue weighted by atomic mass is 79.9.